The molecule has 0 unspecified atom stereocenters. The van der Waals surface area contributed by atoms with E-state index in [1.165, 1.54) is 18.2 Å². The Balaban J connectivity index is 2.66. The molecule has 0 bridgehead atoms. The van der Waals surface area contributed by atoms with Crippen molar-refractivity contribution in [2.24, 2.45) is 0 Å². The zero-order chi connectivity index (χ0) is 15.8. The smallest absolute Gasteiger partial charge is 0.298 e. The number of benzene rings is 1. The van der Waals surface area contributed by atoms with Gasteiger partial charge in [0.15, 0.2) is 12.0 Å². The van der Waals surface area contributed by atoms with Crippen LogP contribution in [-0.4, -0.2) is 11.3 Å². The van der Waals surface area contributed by atoms with Crippen molar-refractivity contribution < 1.29 is 18.0 Å². The number of aromatic nitrogens is 1. The van der Waals surface area contributed by atoms with Crippen molar-refractivity contribution in [2.45, 2.75) is 6.18 Å². The molecule has 0 amide bonds. The number of rotatable bonds is 2. The van der Waals surface area contributed by atoms with Gasteiger partial charge in [-0.15, -0.1) is 0 Å². The van der Waals surface area contributed by atoms with Crippen LogP contribution in [0.4, 0.5) is 13.2 Å². The first-order valence-corrected chi connectivity index (χ1v) is 6.55. The molecule has 21 heavy (non-hydrogen) atoms. The Kier molecular flexibility index (Phi) is 4.46. The molecule has 110 valence electrons. The van der Waals surface area contributed by atoms with Gasteiger partial charge in [-0.05, 0) is 24.3 Å². The Bertz CT molecular complexity index is 717. The van der Waals surface area contributed by atoms with E-state index in [4.69, 9.17) is 34.8 Å². The zero-order valence-electron chi connectivity index (χ0n) is 10.0. The molecule has 2 rings (SSSR count). The molecule has 1 aromatic heterocycles. The van der Waals surface area contributed by atoms with Crippen molar-refractivity contribution in [2.75, 3.05) is 0 Å². The number of hydrogen-bond donors (Lipinski definition) is 0. The molecule has 0 atom stereocenters. The third-order valence-electron chi connectivity index (χ3n) is 2.61. The highest BCUT2D eigenvalue weighted by molar-refractivity contribution is 6.44. The minimum Gasteiger partial charge on any atom is -0.298 e. The highest BCUT2D eigenvalue weighted by Gasteiger charge is 2.35. The summed E-state index contributed by atoms with van der Waals surface area (Å²) in [4.78, 5) is 14.2. The standard InChI is InChI=1S/C13H5Cl3F3NO/c14-8-4-10(16)9(15)3-7(8)11-2-1-6(5-21)12(20-11)13(17,18)19/h1-5H. The second kappa shape index (κ2) is 5.83. The number of alkyl halides is 3. The van der Waals surface area contributed by atoms with E-state index in [-0.39, 0.29) is 32.6 Å². The molecule has 0 radical (unpaired) electrons. The fraction of sp³-hybridized carbons (Fsp3) is 0.0769. The number of halogens is 6. The summed E-state index contributed by atoms with van der Waals surface area (Å²) >= 11 is 17.5. The second-order valence-electron chi connectivity index (χ2n) is 4.00. The maximum absolute atomic E-state index is 12.9. The summed E-state index contributed by atoms with van der Waals surface area (Å²) in [6, 6.07) is 4.90. The molecule has 0 saturated heterocycles. The van der Waals surface area contributed by atoms with Gasteiger partial charge in [-0.1, -0.05) is 34.8 Å². The summed E-state index contributed by atoms with van der Waals surface area (Å²) in [7, 11) is 0. The molecule has 0 N–H and O–H groups in total. The second-order valence-corrected chi connectivity index (χ2v) is 5.22. The summed E-state index contributed by atoms with van der Waals surface area (Å²) in [6.45, 7) is 0. The van der Waals surface area contributed by atoms with Crippen LogP contribution in [0.25, 0.3) is 11.3 Å². The van der Waals surface area contributed by atoms with E-state index in [0.29, 0.717) is 0 Å². The number of nitrogens with zero attached hydrogens (tertiary/aromatic N) is 1. The SMILES string of the molecule is O=Cc1ccc(-c2cc(Cl)c(Cl)cc2Cl)nc1C(F)(F)F. The molecule has 2 nitrogen and oxygen atoms in total. The van der Waals surface area contributed by atoms with Crippen LogP contribution in [0.2, 0.25) is 15.1 Å². The molecule has 1 heterocycles. The van der Waals surface area contributed by atoms with Crippen LogP contribution in [0, 0.1) is 0 Å². The predicted molar refractivity (Wildman–Crippen MR) is 75.1 cm³/mol. The Morgan fingerprint density at radius 2 is 1.62 bits per heavy atom. The van der Waals surface area contributed by atoms with Crippen LogP contribution < -0.4 is 0 Å². The number of pyridine rings is 1. The van der Waals surface area contributed by atoms with E-state index in [0.717, 1.165) is 6.07 Å². The Labute approximate surface area is 132 Å². The quantitative estimate of drug-likeness (QED) is 0.523. The van der Waals surface area contributed by atoms with Gasteiger partial charge in [0.1, 0.15) is 0 Å². The molecule has 2 aromatic rings. The highest BCUT2D eigenvalue weighted by atomic mass is 35.5. The van der Waals surface area contributed by atoms with Gasteiger partial charge in [0.05, 0.1) is 20.8 Å². The maximum Gasteiger partial charge on any atom is 0.434 e. The molecular weight excluding hydrogens is 350 g/mol. The van der Waals surface area contributed by atoms with Gasteiger partial charge >= 0.3 is 6.18 Å². The normalized spacial score (nSPS) is 11.5. The first-order chi connectivity index (χ1) is 9.74. The highest BCUT2D eigenvalue weighted by Crippen LogP contribution is 2.37. The van der Waals surface area contributed by atoms with Crippen LogP contribution in [0.5, 0.6) is 0 Å². The van der Waals surface area contributed by atoms with E-state index in [9.17, 15) is 18.0 Å². The predicted octanol–water partition coefficient (Wildman–Crippen LogP) is 5.54. The van der Waals surface area contributed by atoms with Crippen molar-refractivity contribution in [1.82, 2.24) is 4.98 Å². The van der Waals surface area contributed by atoms with E-state index in [2.05, 4.69) is 4.98 Å². The van der Waals surface area contributed by atoms with Gasteiger partial charge in [-0.25, -0.2) is 4.98 Å². The number of carbonyl (C=O) groups excluding carboxylic acids is 1. The topological polar surface area (TPSA) is 30.0 Å². The van der Waals surface area contributed by atoms with E-state index < -0.39 is 17.4 Å². The lowest BCUT2D eigenvalue weighted by Crippen LogP contribution is -2.12. The Morgan fingerprint density at radius 3 is 2.19 bits per heavy atom. The largest absolute Gasteiger partial charge is 0.434 e. The first-order valence-electron chi connectivity index (χ1n) is 5.42. The Morgan fingerprint density at radius 1 is 1.00 bits per heavy atom. The van der Waals surface area contributed by atoms with Gasteiger partial charge in [-0.3, -0.25) is 4.79 Å². The van der Waals surface area contributed by atoms with Gasteiger partial charge in [0, 0.05) is 11.1 Å². The average Bonchev–Trinajstić information content (AvgIpc) is 2.41. The monoisotopic (exact) mass is 353 g/mol. The minimum atomic E-state index is -4.76. The van der Waals surface area contributed by atoms with Crippen molar-refractivity contribution in [3.05, 3.63) is 50.6 Å². The van der Waals surface area contributed by atoms with E-state index >= 15 is 0 Å². The van der Waals surface area contributed by atoms with Crippen molar-refractivity contribution in [1.29, 1.82) is 0 Å². The molecule has 0 aliphatic heterocycles. The zero-order valence-corrected chi connectivity index (χ0v) is 12.3. The van der Waals surface area contributed by atoms with Gasteiger partial charge in [0.25, 0.3) is 0 Å². The fourth-order valence-electron chi connectivity index (χ4n) is 1.66. The first kappa shape index (κ1) is 16.1. The number of hydrogen-bond acceptors (Lipinski definition) is 2. The third-order valence-corrected chi connectivity index (χ3v) is 3.64. The van der Waals surface area contributed by atoms with E-state index in [1.54, 1.807) is 0 Å². The lowest BCUT2D eigenvalue weighted by molar-refractivity contribution is -0.141. The summed E-state index contributed by atoms with van der Waals surface area (Å²) in [5, 5.41) is 0.403. The fourth-order valence-corrected chi connectivity index (χ4v) is 2.30. The lowest BCUT2D eigenvalue weighted by Gasteiger charge is -2.11. The average molecular weight is 355 g/mol. The van der Waals surface area contributed by atoms with Crippen LogP contribution in [-0.2, 0) is 6.18 Å². The van der Waals surface area contributed by atoms with Crippen molar-refractivity contribution in [3.63, 3.8) is 0 Å². The molecule has 8 heteroatoms. The molecular formula is C13H5Cl3F3NO. The van der Waals surface area contributed by atoms with Gasteiger partial charge in [0.2, 0.25) is 0 Å². The summed E-state index contributed by atoms with van der Waals surface area (Å²) in [5.74, 6) is 0. The van der Waals surface area contributed by atoms with E-state index in [1.807, 2.05) is 0 Å². The Hall–Kier alpha value is -1.30. The van der Waals surface area contributed by atoms with Gasteiger partial charge in [-0.2, -0.15) is 13.2 Å². The van der Waals surface area contributed by atoms with Crippen LogP contribution in [0.1, 0.15) is 16.1 Å². The molecule has 1 aromatic carbocycles. The van der Waals surface area contributed by atoms with Crippen LogP contribution >= 0.6 is 34.8 Å². The summed E-state index contributed by atoms with van der Waals surface area (Å²) in [6.07, 6.45) is -4.66. The summed E-state index contributed by atoms with van der Waals surface area (Å²) < 4.78 is 38.6. The van der Waals surface area contributed by atoms with Crippen LogP contribution in [0.15, 0.2) is 24.3 Å². The minimum absolute atomic E-state index is 0.0588. The molecule has 0 aliphatic rings. The van der Waals surface area contributed by atoms with Crippen LogP contribution in [0.3, 0.4) is 0 Å². The summed E-state index contributed by atoms with van der Waals surface area (Å²) in [5.41, 5.74) is -1.70. The number of aldehydes is 1. The maximum atomic E-state index is 12.9. The number of carbonyl (C=O) groups is 1. The van der Waals surface area contributed by atoms with Crippen molar-refractivity contribution >= 4 is 41.1 Å². The molecule has 0 fully saturated rings. The molecule has 0 saturated carbocycles. The van der Waals surface area contributed by atoms with Crippen molar-refractivity contribution in [3.8, 4) is 11.3 Å². The third kappa shape index (κ3) is 3.31. The van der Waals surface area contributed by atoms with Gasteiger partial charge < -0.3 is 0 Å². The lowest BCUT2D eigenvalue weighted by atomic mass is 10.1. The molecule has 0 aliphatic carbocycles. The molecule has 0 spiro atoms.